The molecule has 0 saturated heterocycles. The standard InChI is InChI=1S/C43H30O/c1-28-33(29-12-3-2-4-13-29)20-10-21-34(28)41-23-11-22-35(43(41)44)32-15-9-14-30(26-32)31-24-25-40-38-18-6-5-16-36(38)37-17-7-8-19-39(37)42(40)27-31/h2-27,44H,1H3. The molecule has 8 aromatic carbocycles. The number of hydrogen-bond acceptors (Lipinski definition) is 1. The van der Waals surface area contributed by atoms with Crippen molar-refractivity contribution >= 4 is 32.3 Å². The van der Waals surface area contributed by atoms with Crippen molar-refractivity contribution in [3.63, 3.8) is 0 Å². The maximum atomic E-state index is 11.7. The topological polar surface area (TPSA) is 20.2 Å². The Morgan fingerprint density at radius 1 is 0.318 bits per heavy atom. The van der Waals surface area contributed by atoms with Gasteiger partial charge in [-0.25, -0.2) is 0 Å². The molecule has 0 spiro atoms. The van der Waals surface area contributed by atoms with Crippen molar-refractivity contribution in [3.8, 4) is 50.3 Å². The summed E-state index contributed by atoms with van der Waals surface area (Å²) >= 11 is 0. The molecule has 0 radical (unpaired) electrons. The van der Waals surface area contributed by atoms with Gasteiger partial charge in [0.05, 0.1) is 0 Å². The molecule has 1 N–H and O–H groups in total. The van der Waals surface area contributed by atoms with Crippen LogP contribution in [0.1, 0.15) is 5.56 Å². The predicted octanol–water partition coefficient (Wildman–Crippen LogP) is 11.8. The normalized spacial score (nSPS) is 11.4. The highest BCUT2D eigenvalue weighted by molar-refractivity contribution is 6.25. The second-order valence-corrected chi connectivity index (χ2v) is 11.5. The van der Waals surface area contributed by atoms with E-state index in [-0.39, 0.29) is 0 Å². The molecule has 0 atom stereocenters. The van der Waals surface area contributed by atoms with Gasteiger partial charge >= 0.3 is 0 Å². The Balaban J connectivity index is 1.24. The van der Waals surface area contributed by atoms with Gasteiger partial charge in [-0.05, 0) is 90.3 Å². The van der Waals surface area contributed by atoms with Crippen LogP contribution < -0.4 is 0 Å². The van der Waals surface area contributed by atoms with Crippen LogP contribution in [-0.2, 0) is 0 Å². The Bertz CT molecular complexity index is 2310. The fourth-order valence-corrected chi connectivity index (χ4v) is 6.81. The highest BCUT2D eigenvalue weighted by atomic mass is 16.3. The summed E-state index contributed by atoms with van der Waals surface area (Å²) in [5, 5.41) is 19.3. The molecule has 0 aliphatic heterocycles. The third-order valence-electron chi connectivity index (χ3n) is 9.00. The second kappa shape index (κ2) is 10.6. The number of rotatable bonds is 4. The van der Waals surface area contributed by atoms with Crippen LogP contribution in [0.15, 0.2) is 158 Å². The lowest BCUT2D eigenvalue weighted by Crippen LogP contribution is -1.90. The zero-order valence-electron chi connectivity index (χ0n) is 24.5. The fraction of sp³-hybridized carbons (Fsp3) is 0.0233. The molecule has 0 heterocycles. The van der Waals surface area contributed by atoms with Crippen LogP contribution in [0, 0.1) is 6.92 Å². The Kier molecular flexibility index (Phi) is 6.24. The lowest BCUT2D eigenvalue weighted by atomic mass is 9.89. The second-order valence-electron chi connectivity index (χ2n) is 11.5. The van der Waals surface area contributed by atoms with Gasteiger partial charge in [-0.15, -0.1) is 0 Å². The zero-order valence-corrected chi connectivity index (χ0v) is 24.5. The first-order valence-corrected chi connectivity index (χ1v) is 15.1. The minimum Gasteiger partial charge on any atom is -0.507 e. The molecule has 0 amide bonds. The molecule has 1 heteroatoms. The molecule has 8 rings (SSSR count). The molecule has 0 aliphatic carbocycles. The van der Waals surface area contributed by atoms with E-state index in [1.54, 1.807) is 0 Å². The maximum Gasteiger partial charge on any atom is 0.131 e. The minimum atomic E-state index is 0.300. The van der Waals surface area contributed by atoms with Crippen molar-refractivity contribution in [2.75, 3.05) is 0 Å². The summed E-state index contributed by atoms with van der Waals surface area (Å²) in [5.74, 6) is 0.300. The van der Waals surface area contributed by atoms with E-state index in [1.807, 2.05) is 24.3 Å². The molecule has 0 aromatic heterocycles. The highest BCUT2D eigenvalue weighted by Crippen LogP contribution is 2.42. The van der Waals surface area contributed by atoms with Crippen LogP contribution in [0.2, 0.25) is 0 Å². The van der Waals surface area contributed by atoms with Gasteiger partial charge in [0, 0.05) is 11.1 Å². The van der Waals surface area contributed by atoms with E-state index in [1.165, 1.54) is 43.4 Å². The first-order chi connectivity index (χ1) is 21.7. The Morgan fingerprint density at radius 2 is 0.795 bits per heavy atom. The van der Waals surface area contributed by atoms with Gasteiger partial charge in [-0.3, -0.25) is 0 Å². The first-order valence-electron chi connectivity index (χ1n) is 15.1. The maximum absolute atomic E-state index is 11.7. The Labute approximate surface area is 257 Å². The Hall–Kier alpha value is -5.66. The van der Waals surface area contributed by atoms with Crippen LogP contribution in [0.4, 0.5) is 0 Å². The molecule has 208 valence electrons. The van der Waals surface area contributed by atoms with Crippen molar-refractivity contribution in [2.24, 2.45) is 0 Å². The van der Waals surface area contributed by atoms with Crippen molar-refractivity contribution < 1.29 is 5.11 Å². The van der Waals surface area contributed by atoms with Crippen molar-refractivity contribution in [3.05, 3.63) is 163 Å². The Morgan fingerprint density at radius 3 is 1.50 bits per heavy atom. The lowest BCUT2D eigenvalue weighted by Gasteiger charge is -2.16. The van der Waals surface area contributed by atoms with Crippen molar-refractivity contribution in [1.82, 2.24) is 0 Å². The van der Waals surface area contributed by atoms with Crippen molar-refractivity contribution in [2.45, 2.75) is 6.92 Å². The summed E-state index contributed by atoms with van der Waals surface area (Å²) in [5.41, 5.74) is 9.46. The molecule has 1 nitrogen and oxygen atoms in total. The lowest BCUT2D eigenvalue weighted by molar-refractivity contribution is 0.479. The van der Waals surface area contributed by atoms with E-state index >= 15 is 0 Å². The number of aromatic hydroxyl groups is 1. The van der Waals surface area contributed by atoms with Gasteiger partial charge in [-0.1, -0.05) is 146 Å². The van der Waals surface area contributed by atoms with Gasteiger partial charge in [0.2, 0.25) is 0 Å². The summed E-state index contributed by atoms with van der Waals surface area (Å²) in [6.07, 6.45) is 0. The summed E-state index contributed by atoms with van der Waals surface area (Å²) in [7, 11) is 0. The van der Waals surface area contributed by atoms with Crippen LogP contribution in [0.5, 0.6) is 5.75 Å². The van der Waals surface area contributed by atoms with E-state index in [0.717, 1.165) is 38.9 Å². The van der Waals surface area contributed by atoms with Gasteiger partial charge in [0.1, 0.15) is 5.75 Å². The predicted molar refractivity (Wildman–Crippen MR) is 187 cm³/mol. The molecular formula is C43H30O. The van der Waals surface area contributed by atoms with Crippen LogP contribution in [-0.4, -0.2) is 5.11 Å². The number of hydrogen-bond donors (Lipinski definition) is 1. The third-order valence-corrected chi connectivity index (χ3v) is 9.00. The van der Waals surface area contributed by atoms with Crippen molar-refractivity contribution in [1.29, 1.82) is 0 Å². The van der Waals surface area contributed by atoms with E-state index < -0.39 is 0 Å². The average Bonchev–Trinajstić information content (AvgIpc) is 3.09. The zero-order chi connectivity index (χ0) is 29.6. The quantitative estimate of drug-likeness (QED) is 0.212. The SMILES string of the molecule is Cc1c(-c2ccccc2)cccc1-c1cccc(-c2cccc(-c3ccc4c5ccccc5c5ccccc5c4c3)c2)c1O. The molecule has 0 saturated carbocycles. The highest BCUT2D eigenvalue weighted by Gasteiger charge is 2.16. The number of benzene rings is 8. The number of fused-ring (bicyclic) bond motifs is 6. The van der Waals surface area contributed by atoms with Crippen LogP contribution in [0.25, 0.3) is 76.8 Å². The largest absolute Gasteiger partial charge is 0.507 e. The molecule has 0 unspecified atom stereocenters. The molecule has 0 bridgehead atoms. The number of para-hydroxylation sites is 1. The fourth-order valence-electron chi connectivity index (χ4n) is 6.81. The molecular weight excluding hydrogens is 532 g/mol. The molecule has 0 aliphatic rings. The summed E-state index contributed by atoms with van der Waals surface area (Å²) in [6.45, 7) is 2.14. The summed E-state index contributed by atoms with van der Waals surface area (Å²) < 4.78 is 0. The molecule has 8 aromatic rings. The summed E-state index contributed by atoms with van der Waals surface area (Å²) in [6, 6.07) is 55.5. The first kappa shape index (κ1) is 26.0. The van der Waals surface area contributed by atoms with E-state index in [9.17, 15) is 5.11 Å². The van der Waals surface area contributed by atoms with Crippen LogP contribution in [0.3, 0.4) is 0 Å². The van der Waals surface area contributed by atoms with Gasteiger partial charge in [0.15, 0.2) is 0 Å². The van der Waals surface area contributed by atoms with E-state index in [0.29, 0.717) is 5.75 Å². The minimum absolute atomic E-state index is 0.300. The monoisotopic (exact) mass is 562 g/mol. The number of phenols is 1. The summed E-state index contributed by atoms with van der Waals surface area (Å²) in [4.78, 5) is 0. The smallest absolute Gasteiger partial charge is 0.131 e. The number of phenolic OH excluding ortho intramolecular Hbond substituents is 1. The van der Waals surface area contributed by atoms with Gasteiger partial charge < -0.3 is 5.11 Å². The third kappa shape index (κ3) is 4.25. The molecule has 0 fully saturated rings. The van der Waals surface area contributed by atoms with Crippen LogP contribution >= 0.6 is 0 Å². The van der Waals surface area contributed by atoms with Gasteiger partial charge in [0.25, 0.3) is 0 Å². The van der Waals surface area contributed by atoms with Gasteiger partial charge in [-0.2, -0.15) is 0 Å². The average molecular weight is 563 g/mol. The molecule has 44 heavy (non-hydrogen) atoms. The van der Waals surface area contributed by atoms with E-state index in [4.69, 9.17) is 0 Å². The van der Waals surface area contributed by atoms with E-state index in [2.05, 4.69) is 140 Å².